The van der Waals surface area contributed by atoms with E-state index in [9.17, 15) is 4.79 Å². The molecule has 0 radical (unpaired) electrons. The maximum atomic E-state index is 12.0. The summed E-state index contributed by atoms with van der Waals surface area (Å²) in [6.45, 7) is 3.23. The molecule has 0 saturated carbocycles. The van der Waals surface area contributed by atoms with Crippen LogP contribution in [0.5, 0.6) is 0 Å². The van der Waals surface area contributed by atoms with Crippen LogP contribution in [0.4, 0.5) is 5.69 Å². The molecule has 96 valence electrons. The van der Waals surface area contributed by atoms with Crippen LogP contribution in [0.25, 0.3) is 0 Å². The molecule has 2 aromatic rings. The molecule has 0 aliphatic heterocycles. The molecule has 0 unspecified atom stereocenters. The Balaban J connectivity index is 2.20. The lowest BCUT2D eigenvalue weighted by Crippen LogP contribution is -2.24. The largest absolute Gasteiger partial charge is 0.328 e. The first kappa shape index (κ1) is 12.4. The average molecular weight is 247 g/mol. The number of hydrogen-bond donors (Lipinski definition) is 2. The Morgan fingerprint density at radius 2 is 2.17 bits per heavy atom. The summed E-state index contributed by atoms with van der Waals surface area (Å²) in [5.74, 6) is 5.34. The van der Waals surface area contributed by atoms with Crippen LogP contribution in [0.15, 0.2) is 35.5 Å². The third-order valence-corrected chi connectivity index (χ3v) is 2.70. The van der Waals surface area contributed by atoms with Gasteiger partial charge in [-0.05, 0) is 18.6 Å². The summed E-state index contributed by atoms with van der Waals surface area (Å²) in [5.41, 5.74) is 4.12. The monoisotopic (exact) mass is 247 g/mol. The molecule has 0 aliphatic rings. The molecular weight excluding hydrogens is 230 g/mol. The second kappa shape index (κ2) is 5.50. The fourth-order valence-corrected chi connectivity index (χ4v) is 1.81. The minimum atomic E-state index is -0.00948. The van der Waals surface area contributed by atoms with Gasteiger partial charge >= 0.3 is 5.69 Å². The predicted octanol–water partition coefficient (Wildman–Crippen LogP) is 0.789. The number of nitrogens with zero attached hydrogens (tertiary/aromatic N) is 3. The molecule has 0 amide bonds. The lowest BCUT2D eigenvalue weighted by atomic mass is 10.3. The highest BCUT2D eigenvalue weighted by Crippen LogP contribution is 2.06. The standard InChI is InChI=1S/C12H17N5O/c1-2-5-16-6-7-17(12(16)18)9-11-8-10(15-13)3-4-14-11/h3-4,6-8H,2,5,9,13H2,1H3,(H,14,15). The quantitative estimate of drug-likeness (QED) is 0.605. The van der Waals surface area contributed by atoms with Crippen molar-refractivity contribution in [1.82, 2.24) is 14.1 Å². The number of anilines is 1. The van der Waals surface area contributed by atoms with Crippen molar-refractivity contribution in [2.75, 3.05) is 5.43 Å². The van der Waals surface area contributed by atoms with E-state index in [1.54, 1.807) is 33.8 Å². The van der Waals surface area contributed by atoms with Gasteiger partial charge in [-0.1, -0.05) is 6.92 Å². The molecule has 6 heteroatoms. The molecule has 0 atom stereocenters. The van der Waals surface area contributed by atoms with Crippen molar-refractivity contribution in [3.63, 3.8) is 0 Å². The van der Waals surface area contributed by atoms with Crippen LogP contribution in [0.1, 0.15) is 19.0 Å². The van der Waals surface area contributed by atoms with E-state index >= 15 is 0 Å². The zero-order chi connectivity index (χ0) is 13.0. The van der Waals surface area contributed by atoms with E-state index in [-0.39, 0.29) is 5.69 Å². The maximum absolute atomic E-state index is 12.0. The van der Waals surface area contributed by atoms with E-state index in [2.05, 4.69) is 10.4 Å². The number of aryl methyl sites for hydroxylation is 1. The first-order valence-corrected chi connectivity index (χ1v) is 5.91. The topological polar surface area (TPSA) is 77.9 Å². The first-order valence-electron chi connectivity index (χ1n) is 5.91. The molecular formula is C12H17N5O. The van der Waals surface area contributed by atoms with E-state index in [4.69, 9.17) is 5.84 Å². The second-order valence-electron chi connectivity index (χ2n) is 4.08. The van der Waals surface area contributed by atoms with Gasteiger partial charge in [0.25, 0.3) is 0 Å². The highest BCUT2D eigenvalue weighted by Gasteiger charge is 2.04. The number of hydrogen-bond acceptors (Lipinski definition) is 4. The SMILES string of the molecule is CCCn1ccn(Cc2cc(NN)ccn2)c1=O. The van der Waals surface area contributed by atoms with Gasteiger partial charge in [0.2, 0.25) is 0 Å². The van der Waals surface area contributed by atoms with Crippen molar-refractivity contribution < 1.29 is 0 Å². The Kier molecular flexibility index (Phi) is 3.78. The molecule has 0 aromatic carbocycles. The van der Waals surface area contributed by atoms with Gasteiger partial charge in [0.05, 0.1) is 17.9 Å². The van der Waals surface area contributed by atoms with Crippen molar-refractivity contribution in [3.8, 4) is 0 Å². The van der Waals surface area contributed by atoms with Gasteiger partial charge in [-0.15, -0.1) is 0 Å². The summed E-state index contributed by atoms with van der Waals surface area (Å²) in [5, 5.41) is 0. The van der Waals surface area contributed by atoms with Crippen LogP contribution in [0.3, 0.4) is 0 Å². The smallest absolute Gasteiger partial charge is 0.324 e. The molecule has 6 nitrogen and oxygen atoms in total. The zero-order valence-electron chi connectivity index (χ0n) is 10.3. The molecule has 2 heterocycles. The van der Waals surface area contributed by atoms with Crippen LogP contribution in [0, 0.1) is 0 Å². The van der Waals surface area contributed by atoms with Crippen LogP contribution >= 0.6 is 0 Å². The minimum absolute atomic E-state index is 0.00948. The van der Waals surface area contributed by atoms with Gasteiger partial charge in [-0.2, -0.15) is 0 Å². The lowest BCUT2D eigenvalue weighted by molar-refractivity contribution is 0.621. The summed E-state index contributed by atoms with van der Waals surface area (Å²) >= 11 is 0. The second-order valence-corrected chi connectivity index (χ2v) is 4.08. The first-order chi connectivity index (χ1) is 8.74. The Hall–Kier alpha value is -2.08. The van der Waals surface area contributed by atoms with Crippen molar-refractivity contribution in [1.29, 1.82) is 0 Å². The van der Waals surface area contributed by atoms with Gasteiger partial charge in [0, 0.05) is 25.1 Å². The van der Waals surface area contributed by atoms with Crippen LogP contribution in [-0.2, 0) is 13.1 Å². The van der Waals surface area contributed by atoms with Crippen LogP contribution in [0.2, 0.25) is 0 Å². The molecule has 2 aromatic heterocycles. The Morgan fingerprint density at radius 3 is 2.89 bits per heavy atom. The number of nitrogens with two attached hydrogens (primary N) is 1. The van der Waals surface area contributed by atoms with Gasteiger partial charge in [0.15, 0.2) is 0 Å². The number of aromatic nitrogens is 3. The summed E-state index contributed by atoms with van der Waals surface area (Å²) in [6, 6.07) is 3.60. The Labute approximate surface area is 105 Å². The number of rotatable bonds is 5. The van der Waals surface area contributed by atoms with Gasteiger partial charge in [-0.25, -0.2) is 4.79 Å². The number of pyridine rings is 1. The summed E-state index contributed by atoms with van der Waals surface area (Å²) in [4.78, 5) is 16.2. The Bertz CT molecular complexity index is 572. The average Bonchev–Trinajstić information content (AvgIpc) is 2.72. The van der Waals surface area contributed by atoms with E-state index in [1.165, 1.54) is 0 Å². The van der Waals surface area contributed by atoms with Crippen molar-refractivity contribution in [3.05, 3.63) is 46.9 Å². The number of nitrogens with one attached hydrogen (secondary N) is 1. The van der Waals surface area contributed by atoms with Gasteiger partial charge in [0.1, 0.15) is 0 Å². The lowest BCUT2D eigenvalue weighted by Gasteiger charge is -2.04. The Morgan fingerprint density at radius 1 is 1.39 bits per heavy atom. The maximum Gasteiger partial charge on any atom is 0.328 e. The van der Waals surface area contributed by atoms with Crippen molar-refractivity contribution in [2.45, 2.75) is 26.4 Å². The van der Waals surface area contributed by atoms with E-state index < -0.39 is 0 Å². The van der Waals surface area contributed by atoms with E-state index in [0.717, 1.165) is 24.3 Å². The van der Waals surface area contributed by atoms with Crippen molar-refractivity contribution >= 4 is 5.69 Å². The predicted molar refractivity (Wildman–Crippen MR) is 70.1 cm³/mol. The zero-order valence-corrected chi connectivity index (χ0v) is 10.3. The highest BCUT2D eigenvalue weighted by molar-refractivity contribution is 5.41. The molecule has 3 N–H and O–H groups in total. The fourth-order valence-electron chi connectivity index (χ4n) is 1.81. The molecule has 0 fully saturated rings. The number of hydrazine groups is 1. The third kappa shape index (κ3) is 2.60. The summed E-state index contributed by atoms with van der Waals surface area (Å²) in [6.07, 6.45) is 6.19. The van der Waals surface area contributed by atoms with Gasteiger partial charge < -0.3 is 5.43 Å². The fraction of sp³-hybridized carbons (Fsp3) is 0.333. The molecule has 0 aliphatic carbocycles. The minimum Gasteiger partial charge on any atom is -0.324 e. The third-order valence-electron chi connectivity index (χ3n) is 2.70. The van der Waals surface area contributed by atoms with Crippen molar-refractivity contribution in [2.24, 2.45) is 5.84 Å². The summed E-state index contributed by atoms with van der Waals surface area (Å²) in [7, 11) is 0. The van der Waals surface area contributed by atoms with Crippen LogP contribution < -0.4 is 17.0 Å². The highest BCUT2D eigenvalue weighted by atomic mass is 16.1. The van der Waals surface area contributed by atoms with Gasteiger partial charge in [-0.3, -0.25) is 20.0 Å². The van der Waals surface area contributed by atoms with E-state index in [0.29, 0.717) is 6.54 Å². The normalized spacial score (nSPS) is 10.6. The summed E-state index contributed by atoms with van der Waals surface area (Å²) < 4.78 is 3.34. The molecule has 0 spiro atoms. The number of imidazole rings is 1. The van der Waals surface area contributed by atoms with E-state index in [1.807, 2.05) is 13.0 Å². The molecule has 0 saturated heterocycles. The number of nitrogen functional groups attached to an aromatic ring is 1. The van der Waals surface area contributed by atoms with Crippen LogP contribution in [-0.4, -0.2) is 14.1 Å². The molecule has 18 heavy (non-hydrogen) atoms. The molecule has 0 bridgehead atoms. The molecule has 2 rings (SSSR count).